The van der Waals surface area contributed by atoms with Gasteiger partial charge in [0.25, 0.3) is 11.8 Å². The zero-order valence-corrected chi connectivity index (χ0v) is 24.3. The van der Waals surface area contributed by atoms with Gasteiger partial charge < -0.3 is 0 Å². The minimum atomic E-state index is -0.253. The molecule has 0 saturated heterocycles. The summed E-state index contributed by atoms with van der Waals surface area (Å²) >= 11 is 1.73. The van der Waals surface area contributed by atoms with Gasteiger partial charge in [-0.3, -0.25) is 9.59 Å². The van der Waals surface area contributed by atoms with Crippen molar-refractivity contribution in [2.45, 2.75) is 52.4 Å². The van der Waals surface area contributed by atoms with E-state index in [0.717, 1.165) is 32.0 Å². The first kappa shape index (κ1) is 23.8. The number of carbonyl (C=O) groups excluding carboxylic acids is 2. The van der Waals surface area contributed by atoms with Crippen molar-refractivity contribution in [2.24, 2.45) is 0 Å². The third-order valence-electron chi connectivity index (χ3n) is 8.79. The summed E-state index contributed by atoms with van der Waals surface area (Å²) in [4.78, 5) is 30.4. The molecule has 0 fully saturated rings. The lowest BCUT2D eigenvalue weighted by Gasteiger charge is -2.34. The molecule has 0 unspecified atom stereocenters. The molecule has 196 valence electrons. The predicted octanol–water partition coefficient (Wildman–Crippen LogP) is 9.79. The molecular weight excluding hydrogens is 510 g/mol. The summed E-state index contributed by atoms with van der Waals surface area (Å²) in [7, 11) is 0. The van der Waals surface area contributed by atoms with Crippen LogP contribution in [0.2, 0.25) is 0 Å². The van der Waals surface area contributed by atoms with Crippen LogP contribution in [-0.2, 0) is 10.8 Å². The van der Waals surface area contributed by atoms with E-state index >= 15 is 0 Å². The first-order valence-corrected chi connectivity index (χ1v) is 14.7. The Morgan fingerprint density at radius 2 is 1.32 bits per heavy atom. The minimum Gasteiger partial charge on any atom is -0.268 e. The van der Waals surface area contributed by atoms with Crippen LogP contribution < -0.4 is 4.90 Å². The second kappa shape index (κ2) is 7.38. The molecule has 0 saturated carbocycles. The van der Waals surface area contributed by atoms with Gasteiger partial charge in [-0.25, -0.2) is 4.90 Å². The number of benzene rings is 6. The smallest absolute Gasteiger partial charge is 0.266 e. The van der Waals surface area contributed by atoms with Crippen LogP contribution in [0.1, 0.15) is 73.4 Å². The number of nitrogens with zero attached hydrogens (tertiary/aromatic N) is 1. The first-order valence-electron chi connectivity index (χ1n) is 13.9. The van der Waals surface area contributed by atoms with Gasteiger partial charge in [-0.1, -0.05) is 84.0 Å². The van der Waals surface area contributed by atoms with E-state index in [0.29, 0.717) is 16.8 Å². The van der Waals surface area contributed by atoms with Gasteiger partial charge >= 0.3 is 0 Å². The number of imide groups is 1. The first-order chi connectivity index (χ1) is 18.9. The summed E-state index contributed by atoms with van der Waals surface area (Å²) in [6.07, 6.45) is 0. The van der Waals surface area contributed by atoms with Crippen molar-refractivity contribution in [2.75, 3.05) is 4.90 Å². The van der Waals surface area contributed by atoms with Gasteiger partial charge in [0.2, 0.25) is 0 Å². The summed E-state index contributed by atoms with van der Waals surface area (Å²) in [6, 6.07) is 23.2. The van der Waals surface area contributed by atoms with Gasteiger partial charge in [-0.05, 0) is 67.8 Å². The fourth-order valence-electron chi connectivity index (χ4n) is 6.85. The molecular formula is C36H29NO2S. The molecule has 8 rings (SSSR count). The Hall–Kier alpha value is -4.02. The molecule has 1 aliphatic rings. The van der Waals surface area contributed by atoms with Crippen LogP contribution in [0.4, 0.5) is 5.69 Å². The van der Waals surface area contributed by atoms with Gasteiger partial charge in [0.15, 0.2) is 0 Å². The molecule has 1 aliphatic heterocycles. The van der Waals surface area contributed by atoms with Gasteiger partial charge in [-0.2, -0.15) is 0 Å². The lowest BCUT2D eigenvalue weighted by molar-refractivity contribution is 0.0893. The average molecular weight is 540 g/mol. The normalized spacial score (nSPS) is 14.8. The van der Waals surface area contributed by atoms with E-state index < -0.39 is 0 Å². The maximum Gasteiger partial charge on any atom is 0.266 e. The molecule has 0 aliphatic carbocycles. The Labute approximate surface area is 236 Å². The zero-order valence-electron chi connectivity index (χ0n) is 23.5. The maximum atomic E-state index is 14.5. The Kier molecular flexibility index (Phi) is 4.40. The van der Waals surface area contributed by atoms with E-state index in [-0.39, 0.29) is 22.6 Å². The molecule has 4 heteroatoms. The number of hydrogen-bond acceptors (Lipinski definition) is 3. The predicted molar refractivity (Wildman–Crippen MR) is 169 cm³/mol. The summed E-state index contributed by atoms with van der Waals surface area (Å²) in [5.41, 5.74) is 3.60. The second-order valence-electron chi connectivity index (χ2n) is 13.3. The van der Waals surface area contributed by atoms with E-state index in [1.54, 1.807) is 11.3 Å². The molecule has 0 spiro atoms. The van der Waals surface area contributed by atoms with Gasteiger partial charge in [-0.15, -0.1) is 11.3 Å². The number of amides is 2. The van der Waals surface area contributed by atoms with Crippen molar-refractivity contribution < 1.29 is 9.59 Å². The van der Waals surface area contributed by atoms with Crippen molar-refractivity contribution in [3.63, 3.8) is 0 Å². The number of fused-ring (bicyclic) bond motifs is 1. The average Bonchev–Trinajstić information content (AvgIpc) is 3.29. The Morgan fingerprint density at radius 1 is 0.600 bits per heavy atom. The topological polar surface area (TPSA) is 37.4 Å². The van der Waals surface area contributed by atoms with Crippen molar-refractivity contribution in [1.29, 1.82) is 0 Å². The fraction of sp³-hybridized carbons (Fsp3) is 0.222. The van der Waals surface area contributed by atoms with Gasteiger partial charge in [0.05, 0.1) is 11.3 Å². The lowest BCUT2D eigenvalue weighted by atomic mass is 9.80. The molecule has 2 heterocycles. The molecule has 2 amide bonds. The number of carbonyl (C=O) groups is 2. The van der Waals surface area contributed by atoms with Crippen molar-refractivity contribution >= 4 is 81.3 Å². The molecule has 0 atom stereocenters. The number of rotatable bonds is 1. The van der Waals surface area contributed by atoms with Crippen LogP contribution in [0.25, 0.3) is 52.5 Å². The molecule has 0 radical (unpaired) electrons. The monoisotopic (exact) mass is 539 g/mol. The molecule has 0 bridgehead atoms. The zero-order chi connectivity index (χ0) is 27.9. The second-order valence-corrected chi connectivity index (χ2v) is 14.4. The standard InChI is InChI=1S/C36H29NO2S/c1-35(2,3)19-11-14-24(36(4,5)6)25(16-19)37-33(38)22-13-12-21-20-9-7-8-18-10-15-26-31(28(18)20)32-27(40-26)17-23(34(37)39)29(22)30(21)32/h7-17H,1-6H3. The summed E-state index contributed by atoms with van der Waals surface area (Å²) in [5, 5.41) is 9.04. The molecule has 0 N–H and O–H groups in total. The van der Waals surface area contributed by atoms with Crippen LogP contribution in [-0.4, -0.2) is 11.8 Å². The van der Waals surface area contributed by atoms with Crippen molar-refractivity contribution in [3.8, 4) is 0 Å². The Balaban J connectivity index is 1.48. The third-order valence-corrected chi connectivity index (χ3v) is 9.90. The highest BCUT2D eigenvalue weighted by Gasteiger charge is 2.39. The van der Waals surface area contributed by atoms with Crippen molar-refractivity contribution in [3.05, 3.63) is 89.0 Å². The molecule has 3 nitrogen and oxygen atoms in total. The quantitative estimate of drug-likeness (QED) is 0.118. The Bertz CT molecular complexity index is 2220. The van der Waals surface area contributed by atoms with E-state index in [9.17, 15) is 9.59 Å². The summed E-state index contributed by atoms with van der Waals surface area (Å²) in [5.74, 6) is -0.488. The van der Waals surface area contributed by atoms with E-state index in [1.165, 1.54) is 36.5 Å². The van der Waals surface area contributed by atoms with Crippen LogP contribution in [0.5, 0.6) is 0 Å². The number of anilines is 1. The fourth-order valence-corrected chi connectivity index (χ4v) is 8.01. The molecule has 7 aromatic rings. The highest BCUT2D eigenvalue weighted by atomic mass is 32.1. The highest BCUT2D eigenvalue weighted by molar-refractivity contribution is 7.26. The maximum absolute atomic E-state index is 14.5. The SMILES string of the molecule is CC(C)(C)c1ccc(C(C)(C)C)c(N2C(=O)c3ccc4c5cccc6ccc7sc8cc(c3c4c8c7c65)C2=O)c1. The third kappa shape index (κ3) is 2.90. The van der Waals surface area contributed by atoms with Crippen LogP contribution in [0, 0.1) is 0 Å². The summed E-state index contributed by atoms with van der Waals surface area (Å²) in [6.45, 7) is 12.9. The van der Waals surface area contributed by atoms with Crippen LogP contribution in [0.15, 0.2) is 66.7 Å². The lowest BCUT2D eigenvalue weighted by Crippen LogP contribution is -2.42. The van der Waals surface area contributed by atoms with E-state index in [4.69, 9.17) is 0 Å². The summed E-state index contributed by atoms with van der Waals surface area (Å²) < 4.78 is 2.31. The minimum absolute atomic E-state index is 0.126. The number of hydrogen-bond donors (Lipinski definition) is 0. The molecule has 40 heavy (non-hydrogen) atoms. The van der Waals surface area contributed by atoms with E-state index in [1.807, 2.05) is 12.1 Å². The number of thiophene rings is 1. The highest BCUT2D eigenvalue weighted by Crippen LogP contribution is 2.51. The van der Waals surface area contributed by atoms with Gasteiger partial charge in [0, 0.05) is 36.5 Å². The largest absolute Gasteiger partial charge is 0.268 e. The molecule has 1 aromatic heterocycles. The van der Waals surface area contributed by atoms with Crippen LogP contribution >= 0.6 is 11.3 Å². The van der Waals surface area contributed by atoms with Crippen molar-refractivity contribution in [1.82, 2.24) is 0 Å². The van der Waals surface area contributed by atoms with Gasteiger partial charge in [0.1, 0.15) is 0 Å². The van der Waals surface area contributed by atoms with E-state index in [2.05, 4.69) is 96.1 Å². The van der Waals surface area contributed by atoms with Crippen LogP contribution in [0.3, 0.4) is 0 Å². The molecule has 6 aromatic carbocycles. The Morgan fingerprint density at radius 3 is 2.08 bits per heavy atom.